The predicted molar refractivity (Wildman–Crippen MR) is 96.8 cm³/mol. The third kappa shape index (κ3) is 5.35. The van der Waals surface area contributed by atoms with Crippen LogP contribution in [0, 0.1) is 5.92 Å². The molecule has 0 unspecified atom stereocenters. The molecule has 0 spiro atoms. The molecule has 1 amide bonds. The molecule has 5 nitrogen and oxygen atoms in total. The molecule has 0 fully saturated rings. The highest BCUT2D eigenvalue weighted by Gasteiger charge is 2.28. The number of ether oxygens (including phenoxy) is 1. The van der Waals surface area contributed by atoms with Crippen molar-refractivity contribution in [1.29, 1.82) is 0 Å². The van der Waals surface area contributed by atoms with Crippen LogP contribution in [-0.2, 0) is 9.59 Å². The highest BCUT2D eigenvalue weighted by molar-refractivity contribution is 5.95. The van der Waals surface area contributed by atoms with Gasteiger partial charge in [-0.2, -0.15) is 0 Å². The Morgan fingerprint density at radius 2 is 1.72 bits per heavy atom. The first-order valence-electron chi connectivity index (χ1n) is 8.31. The molecular weight excluding hydrogens is 318 g/mol. The van der Waals surface area contributed by atoms with Gasteiger partial charge >= 0.3 is 5.97 Å². The third-order valence-electron chi connectivity index (χ3n) is 4.09. The lowest BCUT2D eigenvalue weighted by atomic mass is 9.84. The number of rotatable bonds is 8. The second-order valence-electron chi connectivity index (χ2n) is 5.85. The van der Waals surface area contributed by atoms with Crippen molar-refractivity contribution in [3.63, 3.8) is 0 Å². The van der Waals surface area contributed by atoms with E-state index < -0.39 is 11.9 Å². The molecule has 0 saturated carbocycles. The summed E-state index contributed by atoms with van der Waals surface area (Å²) in [5, 5.41) is 12.0. The molecule has 0 aliphatic carbocycles. The largest absolute Gasteiger partial charge is 0.494 e. The van der Waals surface area contributed by atoms with Crippen molar-refractivity contribution in [3.8, 4) is 5.75 Å². The first-order chi connectivity index (χ1) is 12.0. The van der Waals surface area contributed by atoms with Crippen LogP contribution in [0.2, 0.25) is 0 Å². The lowest BCUT2D eigenvalue weighted by Crippen LogP contribution is -2.29. The van der Waals surface area contributed by atoms with E-state index in [-0.39, 0.29) is 18.2 Å². The summed E-state index contributed by atoms with van der Waals surface area (Å²) in [7, 11) is 0. The fourth-order valence-corrected chi connectivity index (χ4v) is 2.71. The minimum atomic E-state index is -0.991. The summed E-state index contributed by atoms with van der Waals surface area (Å²) in [5.41, 5.74) is 1.56. The molecule has 25 heavy (non-hydrogen) atoms. The van der Waals surface area contributed by atoms with Crippen molar-refractivity contribution in [2.24, 2.45) is 5.92 Å². The molecule has 5 heteroatoms. The van der Waals surface area contributed by atoms with Gasteiger partial charge in [0.1, 0.15) is 5.75 Å². The number of carbonyl (C=O) groups excluding carboxylic acids is 1. The predicted octanol–water partition coefficient (Wildman–Crippen LogP) is 3.92. The third-order valence-corrected chi connectivity index (χ3v) is 4.09. The lowest BCUT2D eigenvalue weighted by Gasteiger charge is -2.22. The van der Waals surface area contributed by atoms with Gasteiger partial charge in [-0.15, -0.1) is 0 Å². The molecule has 2 atom stereocenters. The van der Waals surface area contributed by atoms with Crippen LogP contribution in [0.15, 0.2) is 54.6 Å². The first kappa shape index (κ1) is 18.5. The van der Waals surface area contributed by atoms with Gasteiger partial charge < -0.3 is 15.2 Å². The van der Waals surface area contributed by atoms with Crippen LogP contribution in [0.3, 0.4) is 0 Å². The highest BCUT2D eigenvalue weighted by Crippen LogP contribution is 2.28. The van der Waals surface area contributed by atoms with Gasteiger partial charge in [-0.05, 0) is 42.7 Å². The Bertz CT molecular complexity index is 697. The molecule has 2 aromatic carbocycles. The number of benzene rings is 2. The van der Waals surface area contributed by atoms with Crippen LogP contribution in [0.4, 0.5) is 5.69 Å². The topological polar surface area (TPSA) is 75.6 Å². The number of amides is 1. The molecule has 0 heterocycles. The summed E-state index contributed by atoms with van der Waals surface area (Å²) >= 11 is 0. The maximum atomic E-state index is 12.7. The molecule has 132 valence electrons. The van der Waals surface area contributed by atoms with Crippen molar-refractivity contribution in [1.82, 2.24) is 0 Å². The second-order valence-corrected chi connectivity index (χ2v) is 5.85. The Hall–Kier alpha value is -2.82. The maximum Gasteiger partial charge on any atom is 0.304 e. The molecule has 0 aliphatic heterocycles. The molecule has 0 bridgehead atoms. The van der Waals surface area contributed by atoms with E-state index in [1.165, 1.54) is 0 Å². The van der Waals surface area contributed by atoms with Gasteiger partial charge in [-0.25, -0.2) is 0 Å². The van der Waals surface area contributed by atoms with E-state index in [1.54, 1.807) is 24.3 Å². The van der Waals surface area contributed by atoms with Gasteiger partial charge in [-0.3, -0.25) is 9.59 Å². The molecule has 0 saturated heterocycles. The number of hydrogen-bond donors (Lipinski definition) is 2. The van der Waals surface area contributed by atoms with E-state index in [9.17, 15) is 14.7 Å². The van der Waals surface area contributed by atoms with E-state index in [0.717, 1.165) is 11.3 Å². The number of hydrogen-bond acceptors (Lipinski definition) is 3. The van der Waals surface area contributed by atoms with Crippen LogP contribution in [-0.4, -0.2) is 23.6 Å². The van der Waals surface area contributed by atoms with Crippen molar-refractivity contribution in [2.75, 3.05) is 11.9 Å². The SMILES string of the molecule is CCOc1ccc(NC(=O)[C@H](CC(=O)O)[C@@H](C)c2ccccc2)cc1. The van der Waals surface area contributed by atoms with E-state index in [2.05, 4.69) is 5.32 Å². The molecule has 0 aromatic heterocycles. The highest BCUT2D eigenvalue weighted by atomic mass is 16.5. The van der Waals surface area contributed by atoms with Gasteiger partial charge in [0.2, 0.25) is 5.91 Å². The van der Waals surface area contributed by atoms with E-state index in [4.69, 9.17) is 4.74 Å². The van der Waals surface area contributed by atoms with Crippen molar-refractivity contribution in [3.05, 3.63) is 60.2 Å². The summed E-state index contributed by atoms with van der Waals surface area (Å²) in [6.07, 6.45) is -0.223. The van der Waals surface area contributed by atoms with Crippen LogP contribution in [0.25, 0.3) is 0 Å². The summed E-state index contributed by atoms with van der Waals surface area (Å²) in [6.45, 7) is 4.35. The number of nitrogens with one attached hydrogen (secondary N) is 1. The summed E-state index contributed by atoms with van der Waals surface area (Å²) in [6, 6.07) is 16.5. The van der Waals surface area contributed by atoms with Gasteiger partial charge in [0, 0.05) is 5.69 Å². The maximum absolute atomic E-state index is 12.7. The summed E-state index contributed by atoms with van der Waals surface area (Å²) in [4.78, 5) is 23.9. The van der Waals surface area contributed by atoms with Crippen LogP contribution in [0.1, 0.15) is 31.7 Å². The van der Waals surface area contributed by atoms with E-state index in [0.29, 0.717) is 12.3 Å². The summed E-state index contributed by atoms with van der Waals surface area (Å²) in [5.74, 6) is -1.44. The monoisotopic (exact) mass is 341 g/mol. The van der Waals surface area contributed by atoms with Gasteiger partial charge in [-0.1, -0.05) is 37.3 Å². The quantitative estimate of drug-likeness (QED) is 0.763. The number of anilines is 1. The fraction of sp³-hybridized carbons (Fsp3) is 0.300. The zero-order valence-corrected chi connectivity index (χ0v) is 14.4. The van der Waals surface area contributed by atoms with Crippen LogP contribution in [0.5, 0.6) is 5.75 Å². The average molecular weight is 341 g/mol. The van der Waals surface area contributed by atoms with Crippen LogP contribution >= 0.6 is 0 Å². The summed E-state index contributed by atoms with van der Waals surface area (Å²) < 4.78 is 5.37. The zero-order chi connectivity index (χ0) is 18.2. The van der Waals surface area contributed by atoms with Crippen molar-refractivity contribution in [2.45, 2.75) is 26.2 Å². The number of carboxylic acids is 1. The molecule has 0 aliphatic rings. The van der Waals surface area contributed by atoms with Gasteiger partial charge in [0.25, 0.3) is 0 Å². The minimum Gasteiger partial charge on any atom is -0.494 e. The Morgan fingerprint density at radius 3 is 2.28 bits per heavy atom. The van der Waals surface area contributed by atoms with E-state index >= 15 is 0 Å². The minimum absolute atomic E-state index is 0.208. The number of carbonyl (C=O) groups is 2. The van der Waals surface area contributed by atoms with Crippen molar-refractivity contribution < 1.29 is 19.4 Å². The smallest absolute Gasteiger partial charge is 0.304 e. The molecule has 2 rings (SSSR count). The Kier molecular flexibility index (Phi) is 6.57. The Morgan fingerprint density at radius 1 is 1.08 bits per heavy atom. The second kappa shape index (κ2) is 8.87. The zero-order valence-electron chi connectivity index (χ0n) is 14.4. The first-order valence-corrected chi connectivity index (χ1v) is 8.31. The molecule has 2 N–H and O–H groups in total. The van der Waals surface area contributed by atoms with Crippen molar-refractivity contribution >= 4 is 17.6 Å². The molecule has 2 aromatic rings. The van der Waals surface area contributed by atoms with Crippen LogP contribution < -0.4 is 10.1 Å². The normalized spacial score (nSPS) is 12.9. The standard InChI is InChI=1S/C20H23NO4/c1-3-25-17-11-9-16(10-12-17)21-20(24)18(13-19(22)23)14(2)15-7-5-4-6-8-15/h4-12,14,18H,3,13H2,1-2H3,(H,21,24)(H,22,23)/t14-,18+/m0/s1. The number of carboxylic acid groups (broad SMARTS) is 1. The van der Waals surface area contributed by atoms with Gasteiger partial charge in [0.15, 0.2) is 0 Å². The van der Waals surface area contributed by atoms with Gasteiger partial charge in [0.05, 0.1) is 18.9 Å². The molecule has 0 radical (unpaired) electrons. The average Bonchev–Trinajstić information content (AvgIpc) is 2.61. The van der Waals surface area contributed by atoms with E-state index in [1.807, 2.05) is 44.2 Å². The fourth-order valence-electron chi connectivity index (χ4n) is 2.71. The molecular formula is C20H23NO4. The Balaban J connectivity index is 2.13. The lowest BCUT2D eigenvalue weighted by molar-refractivity contribution is -0.140. The Labute approximate surface area is 147 Å². The number of aliphatic carboxylic acids is 1.